The minimum Gasteiger partial charge on any atom is -0.482 e. The van der Waals surface area contributed by atoms with Gasteiger partial charge in [-0.1, -0.05) is 26.0 Å². The fourth-order valence-corrected chi connectivity index (χ4v) is 4.46. The molecular weight excluding hydrogens is 477 g/mol. The van der Waals surface area contributed by atoms with Crippen LogP contribution in [-0.4, -0.2) is 19.2 Å². The Bertz CT molecular complexity index is 1130. The van der Waals surface area contributed by atoms with Gasteiger partial charge in [-0.3, -0.25) is 0 Å². The number of furan rings is 1. The van der Waals surface area contributed by atoms with Crippen LogP contribution in [0.1, 0.15) is 43.2 Å². The van der Waals surface area contributed by atoms with Gasteiger partial charge in [0.15, 0.2) is 6.61 Å². The number of hydrogen-bond donors (Lipinski definition) is 0. The third-order valence-electron chi connectivity index (χ3n) is 5.18. The third kappa shape index (κ3) is 7.56. The maximum absolute atomic E-state index is 12.9. The van der Waals surface area contributed by atoms with Gasteiger partial charge in [0, 0.05) is 28.2 Å². The Hall–Kier alpha value is -2.87. The van der Waals surface area contributed by atoms with Gasteiger partial charge in [0.25, 0.3) is 0 Å². The molecule has 4 nitrogen and oxygen atoms in total. The number of halogens is 3. The number of esters is 1. The van der Waals surface area contributed by atoms with E-state index in [1.165, 1.54) is 12.1 Å². The van der Waals surface area contributed by atoms with Gasteiger partial charge < -0.3 is 13.9 Å². The largest absolute Gasteiger partial charge is 0.482 e. The van der Waals surface area contributed by atoms with Crippen molar-refractivity contribution in [1.29, 1.82) is 0 Å². The van der Waals surface area contributed by atoms with Crippen molar-refractivity contribution < 1.29 is 31.9 Å². The molecule has 0 radical (unpaired) electrons. The second-order valence-electron chi connectivity index (χ2n) is 8.54. The number of alkyl halides is 3. The Kier molecular flexibility index (Phi) is 8.94. The Morgan fingerprint density at radius 2 is 1.80 bits per heavy atom. The van der Waals surface area contributed by atoms with Crippen LogP contribution in [0.2, 0.25) is 0 Å². The third-order valence-corrected chi connectivity index (χ3v) is 6.22. The molecule has 0 atom stereocenters. The minimum absolute atomic E-state index is 0.137. The highest BCUT2D eigenvalue weighted by atomic mass is 32.2. The average Bonchev–Trinajstić information content (AvgIpc) is 3.18. The molecule has 0 N–H and O–H groups in total. The Labute approximate surface area is 207 Å². The summed E-state index contributed by atoms with van der Waals surface area (Å²) < 4.78 is 55.2. The number of rotatable bonds is 10. The van der Waals surface area contributed by atoms with Gasteiger partial charge in [-0.2, -0.15) is 13.2 Å². The fourth-order valence-electron chi connectivity index (χ4n) is 3.47. The molecule has 1 aromatic heterocycles. The van der Waals surface area contributed by atoms with E-state index < -0.39 is 17.7 Å². The van der Waals surface area contributed by atoms with E-state index in [4.69, 9.17) is 13.9 Å². The molecule has 1 heterocycles. The SMILES string of the molecule is CCOC(=O)COc1ccc(SCc2cc(-c3ccc(C(F)(F)F)cc3)oc2CC(C)C)cc1C. The molecule has 3 aromatic rings. The lowest BCUT2D eigenvalue weighted by molar-refractivity contribution is -0.145. The van der Waals surface area contributed by atoms with Crippen LogP contribution in [0.25, 0.3) is 11.3 Å². The van der Waals surface area contributed by atoms with Crippen LogP contribution >= 0.6 is 11.8 Å². The molecule has 0 amide bonds. The first-order chi connectivity index (χ1) is 16.6. The predicted molar refractivity (Wildman–Crippen MR) is 131 cm³/mol. The van der Waals surface area contributed by atoms with Crippen LogP contribution in [0.15, 0.2) is 57.8 Å². The number of benzene rings is 2. The van der Waals surface area contributed by atoms with Crippen molar-refractivity contribution in [2.24, 2.45) is 5.92 Å². The van der Waals surface area contributed by atoms with E-state index in [0.29, 0.717) is 35.4 Å². The number of aryl methyl sites for hydroxylation is 1. The van der Waals surface area contributed by atoms with E-state index in [9.17, 15) is 18.0 Å². The van der Waals surface area contributed by atoms with Gasteiger partial charge in [-0.15, -0.1) is 11.8 Å². The first kappa shape index (κ1) is 26.7. The summed E-state index contributed by atoms with van der Waals surface area (Å²) in [5, 5.41) is 0. The van der Waals surface area contributed by atoms with Crippen LogP contribution < -0.4 is 4.74 Å². The Morgan fingerprint density at radius 1 is 1.09 bits per heavy atom. The van der Waals surface area contributed by atoms with Crippen molar-refractivity contribution in [3.63, 3.8) is 0 Å². The van der Waals surface area contributed by atoms with Gasteiger partial charge in [0.2, 0.25) is 0 Å². The van der Waals surface area contributed by atoms with Crippen molar-refractivity contribution in [1.82, 2.24) is 0 Å². The molecule has 35 heavy (non-hydrogen) atoms. The molecule has 0 aliphatic heterocycles. The van der Waals surface area contributed by atoms with E-state index in [2.05, 4.69) is 13.8 Å². The van der Waals surface area contributed by atoms with Crippen LogP contribution in [-0.2, 0) is 27.9 Å². The van der Waals surface area contributed by atoms with E-state index in [0.717, 1.165) is 40.3 Å². The maximum Gasteiger partial charge on any atom is 0.416 e. The van der Waals surface area contributed by atoms with Crippen LogP contribution in [0.5, 0.6) is 5.75 Å². The summed E-state index contributed by atoms with van der Waals surface area (Å²) in [5.74, 6) is 2.62. The Balaban J connectivity index is 1.73. The average molecular weight is 507 g/mol. The van der Waals surface area contributed by atoms with Gasteiger partial charge in [-0.05, 0) is 61.7 Å². The summed E-state index contributed by atoms with van der Waals surface area (Å²) in [5.41, 5.74) is 1.84. The lowest BCUT2D eigenvalue weighted by Gasteiger charge is -2.10. The van der Waals surface area contributed by atoms with Crippen LogP contribution in [0.3, 0.4) is 0 Å². The normalized spacial score (nSPS) is 11.7. The van der Waals surface area contributed by atoms with Gasteiger partial charge in [-0.25, -0.2) is 4.79 Å². The van der Waals surface area contributed by atoms with E-state index in [1.54, 1.807) is 18.7 Å². The summed E-state index contributed by atoms with van der Waals surface area (Å²) in [6, 6.07) is 12.7. The van der Waals surface area contributed by atoms with Gasteiger partial charge in [0.05, 0.1) is 12.2 Å². The molecule has 0 aliphatic rings. The molecule has 0 saturated heterocycles. The fraction of sp³-hybridized carbons (Fsp3) is 0.370. The first-order valence-corrected chi connectivity index (χ1v) is 12.4. The van der Waals surface area contributed by atoms with Crippen LogP contribution in [0.4, 0.5) is 13.2 Å². The molecule has 188 valence electrons. The van der Waals surface area contributed by atoms with Gasteiger partial charge >= 0.3 is 12.1 Å². The van der Waals surface area contributed by atoms with Crippen molar-refractivity contribution in [2.45, 2.75) is 50.9 Å². The number of ether oxygens (including phenoxy) is 2. The zero-order chi connectivity index (χ0) is 25.6. The van der Waals surface area contributed by atoms with E-state index >= 15 is 0 Å². The van der Waals surface area contributed by atoms with E-state index in [1.807, 2.05) is 31.2 Å². The van der Waals surface area contributed by atoms with Crippen molar-refractivity contribution in [3.8, 4) is 17.1 Å². The number of carbonyl (C=O) groups is 1. The van der Waals surface area contributed by atoms with Crippen molar-refractivity contribution in [2.75, 3.05) is 13.2 Å². The zero-order valence-electron chi connectivity index (χ0n) is 20.2. The Morgan fingerprint density at radius 3 is 2.40 bits per heavy atom. The molecule has 2 aromatic carbocycles. The molecule has 8 heteroatoms. The first-order valence-electron chi connectivity index (χ1n) is 11.4. The highest BCUT2D eigenvalue weighted by Gasteiger charge is 2.30. The maximum atomic E-state index is 12.9. The smallest absolute Gasteiger partial charge is 0.416 e. The lowest BCUT2D eigenvalue weighted by Crippen LogP contribution is -2.14. The van der Waals surface area contributed by atoms with Crippen LogP contribution in [0, 0.1) is 12.8 Å². The second kappa shape index (κ2) is 11.7. The summed E-state index contributed by atoms with van der Waals surface area (Å²) >= 11 is 1.63. The molecule has 3 rings (SSSR count). The molecule has 0 fully saturated rings. The van der Waals surface area contributed by atoms with Gasteiger partial charge in [0.1, 0.15) is 17.3 Å². The highest BCUT2D eigenvalue weighted by molar-refractivity contribution is 7.98. The topological polar surface area (TPSA) is 48.7 Å². The number of hydrogen-bond acceptors (Lipinski definition) is 5. The molecule has 0 saturated carbocycles. The second-order valence-corrected chi connectivity index (χ2v) is 9.59. The minimum atomic E-state index is -4.37. The molecular formula is C27H29F3O4S. The van der Waals surface area contributed by atoms with E-state index in [-0.39, 0.29) is 6.61 Å². The molecule has 0 aliphatic carbocycles. The zero-order valence-corrected chi connectivity index (χ0v) is 21.0. The summed E-state index contributed by atoms with van der Waals surface area (Å²) in [6.07, 6.45) is -3.64. The summed E-state index contributed by atoms with van der Waals surface area (Å²) in [7, 11) is 0. The highest BCUT2D eigenvalue weighted by Crippen LogP contribution is 2.35. The molecule has 0 unspecified atom stereocenters. The summed E-state index contributed by atoms with van der Waals surface area (Å²) in [6.45, 7) is 8.01. The molecule has 0 spiro atoms. The lowest BCUT2D eigenvalue weighted by atomic mass is 10.1. The summed E-state index contributed by atoms with van der Waals surface area (Å²) in [4.78, 5) is 12.5. The monoisotopic (exact) mass is 506 g/mol. The van der Waals surface area contributed by atoms with Crippen molar-refractivity contribution >= 4 is 17.7 Å². The number of thioether (sulfide) groups is 1. The predicted octanol–water partition coefficient (Wildman–Crippen LogP) is 7.71. The molecule has 0 bridgehead atoms. The van der Waals surface area contributed by atoms with Crippen molar-refractivity contribution in [3.05, 3.63) is 71.0 Å². The standard InChI is InChI=1S/C27H29F3O4S/c1-5-32-26(31)15-33-23-11-10-22(13-18(23)4)35-16-20-14-25(34-24(20)12-17(2)3)19-6-8-21(9-7-19)27(28,29)30/h6-11,13-14,17H,5,12,15-16H2,1-4H3. The number of carbonyl (C=O) groups excluding carboxylic acids is 1. The quantitative estimate of drug-likeness (QED) is 0.208.